The number of carbonyl (C=O) groups is 1. The summed E-state index contributed by atoms with van der Waals surface area (Å²) >= 11 is 5.76. The zero-order valence-corrected chi connectivity index (χ0v) is 7.82. The second-order valence-electron chi connectivity index (χ2n) is 2.69. The van der Waals surface area contributed by atoms with Crippen LogP contribution in [0.15, 0.2) is 24.5 Å². The highest BCUT2D eigenvalue weighted by molar-refractivity contribution is 6.30. The van der Waals surface area contributed by atoms with E-state index in [0.29, 0.717) is 16.4 Å². The van der Waals surface area contributed by atoms with E-state index in [9.17, 15) is 4.79 Å². The molecule has 6 heteroatoms. The summed E-state index contributed by atoms with van der Waals surface area (Å²) in [5.74, 6) is 4.63. The van der Waals surface area contributed by atoms with Gasteiger partial charge in [-0.05, 0) is 6.07 Å². The molecule has 1 amide bonds. The van der Waals surface area contributed by atoms with Gasteiger partial charge in [-0.3, -0.25) is 14.6 Å². The molecule has 0 radical (unpaired) electrons. The molecule has 14 heavy (non-hydrogen) atoms. The summed E-state index contributed by atoms with van der Waals surface area (Å²) in [6, 6.07) is 3.33. The van der Waals surface area contributed by atoms with Gasteiger partial charge in [0.25, 0.3) is 5.91 Å². The SMILES string of the molecule is NNC(=O)c1cnc2cc(Cl)ccn12. The van der Waals surface area contributed by atoms with Gasteiger partial charge in [0.1, 0.15) is 11.3 Å². The Hall–Kier alpha value is -1.59. The summed E-state index contributed by atoms with van der Waals surface area (Å²) in [6.45, 7) is 0. The van der Waals surface area contributed by atoms with Crippen LogP contribution < -0.4 is 11.3 Å². The van der Waals surface area contributed by atoms with Gasteiger partial charge in [-0.25, -0.2) is 10.8 Å². The van der Waals surface area contributed by atoms with E-state index >= 15 is 0 Å². The van der Waals surface area contributed by atoms with E-state index in [1.165, 1.54) is 6.20 Å². The third-order valence-electron chi connectivity index (χ3n) is 1.84. The van der Waals surface area contributed by atoms with Crippen LogP contribution in [0.5, 0.6) is 0 Å². The fourth-order valence-electron chi connectivity index (χ4n) is 1.20. The molecular weight excluding hydrogens is 204 g/mol. The number of nitrogens with zero attached hydrogens (tertiary/aromatic N) is 2. The van der Waals surface area contributed by atoms with E-state index in [-0.39, 0.29) is 5.91 Å². The van der Waals surface area contributed by atoms with Gasteiger partial charge in [0, 0.05) is 17.3 Å². The molecule has 0 fully saturated rings. The number of nitrogens with two attached hydrogens (primary N) is 1. The zero-order valence-electron chi connectivity index (χ0n) is 7.07. The van der Waals surface area contributed by atoms with Crippen molar-refractivity contribution in [1.29, 1.82) is 0 Å². The monoisotopic (exact) mass is 210 g/mol. The van der Waals surface area contributed by atoms with Gasteiger partial charge in [0.15, 0.2) is 0 Å². The first-order valence-electron chi connectivity index (χ1n) is 3.86. The van der Waals surface area contributed by atoms with Crippen molar-refractivity contribution in [3.8, 4) is 0 Å². The molecule has 2 aromatic heterocycles. The van der Waals surface area contributed by atoms with Crippen molar-refractivity contribution in [2.24, 2.45) is 5.84 Å². The highest BCUT2D eigenvalue weighted by Gasteiger charge is 2.09. The molecule has 0 aromatic carbocycles. The van der Waals surface area contributed by atoms with Crippen molar-refractivity contribution < 1.29 is 4.79 Å². The third kappa shape index (κ3) is 1.32. The molecule has 0 saturated heterocycles. The van der Waals surface area contributed by atoms with Crippen molar-refractivity contribution in [1.82, 2.24) is 14.8 Å². The Morgan fingerprint density at radius 2 is 2.43 bits per heavy atom. The summed E-state index contributed by atoms with van der Waals surface area (Å²) in [6.07, 6.45) is 3.10. The topological polar surface area (TPSA) is 72.4 Å². The van der Waals surface area contributed by atoms with Crippen molar-refractivity contribution >= 4 is 23.2 Å². The maximum absolute atomic E-state index is 11.2. The minimum Gasteiger partial charge on any atom is -0.295 e. The second kappa shape index (κ2) is 3.28. The van der Waals surface area contributed by atoms with Crippen LogP contribution in [0.3, 0.4) is 0 Å². The van der Waals surface area contributed by atoms with E-state index in [0.717, 1.165) is 0 Å². The molecule has 2 heterocycles. The van der Waals surface area contributed by atoms with Gasteiger partial charge in [-0.2, -0.15) is 0 Å². The number of hydrogen-bond donors (Lipinski definition) is 2. The fraction of sp³-hybridized carbons (Fsp3) is 0. The van der Waals surface area contributed by atoms with E-state index in [2.05, 4.69) is 4.98 Å². The largest absolute Gasteiger partial charge is 0.295 e. The summed E-state index contributed by atoms with van der Waals surface area (Å²) < 4.78 is 1.61. The Labute approximate surface area is 84.5 Å². The lowest BCUT2D eigenvalue weighted by Gasteiger charge is -1.99. The fourth-order valence-corrected chi connectivity index (χ4v) is 1.35. The molecule has 0 bridgehead atoms. The quantitative estimate of drug-likeness (QED) is 0.411. The summed E-state index contributed by atoms with van der Waals surface area (Å²) in [5.41, 5.74) is 3.02. The first kappa shape index (κ1) is 8.98. The maximum atomic E-state index is 11.2. The van der Waals surface area contributed by atoms with Crippen molar-refractivity contribution in [3.05, 3.63) is 35.2 Å². The molecule has 2 aromatic rings. The van der Waals surface area contributed by atoms with Gasteiger partial charge >= 0.3 is 0 Å². The molecule has 3 N–H and O–H groups in total. The molecule has 0 aliphatic heterocycles. The number of carbonyl (C=O) groups excluding carboxylic acids is 1. The normalized spacial score (nSPS) is 10.4. The standard InChI is InChI=1S/C8H7ClN4O/c9-5-1-2-13-6(8(14)12-10)4-11-7(13)3-5/h1-4H,10H2,(H,12,14). The van der Waals surface area contributed by atoms with Gasteiger partial charge in [-0.1, -0.05) is 11.6 Å². The molecule has 0 spiro atoms. The number of imidazole rings is 1. The van der Waals surface area contributed by atoms with Crippen LogP contribution >= 0.6 is 11.6 Å². The number of halogens is 1. The first-order valence-corrected chi connectivity index (χ1v) is 4.23. The number of pyridine rings is 1. The Morgan fingerprint density at radius 1 is 1.64 bits per heavy atom. The summed E-state index contributed by atoms with van der Waals surface area (Å²) in [4.78, 5) is 15.3. The minimum atomic E-state index is -0.389. The van der Waals surface area contributed by atoms with Crippen LogP contribution in [0.25, 0.3) is 5.65 Å². The molecule has 72 valence electrons. The molecule has 0 aliphatic rings. The Kier molecular flexibility index (Phi) is 2.11. The van der Waals surface area contributed by atoms with Gasteiger partial charge in [-0.15, -0.1) is 0 Å². The third-order valence-corrected chi connectivity index (χ3v) is 2.07. The molecule has 5 nitrogen and oxygen atoms in total. The van der Waals surface area contributed by atoms with Crippen LogP contribution in [-0.2, 0) is 0 Å². The molecule has 0 saturated carbocycles. The molecular formula is C8H7ClN4O. The number of hydrogen-bond acceptors (Lipinski definition) is 3. The second-order valence-corrected chi connectivity index (χ2v) is 3.13. The minimum absolute atomic E-state index is 0.374. The van der Waals surface area contributed by atoms with Gasteiger partial charge < -0.3 is 0 Å². The lowest BCUT2D eigenvalue weighted by molar-refractivity contribution is 0.0948. The predicted molar refractivity (Wildman–Crippen MR) is 51.9 cm³/mol. The first-order chi connectivity index (χ1) is 6.72. The van der Waals surface area contributed by atoms with E-state index in [1.54, 1.807) is 22.7 Å². The molecule has 2 rings (SSSR count). The smallest absolute Gasteiger partial charge is 0.283 e. The number of amides is 1. The highest BCUT2D eigenvalue weighted by Crippen LogP contribution is 2.12. The van der Waals surface area contributed by atoms with E-state index < -0.39 is 0 Å². The van der Waals surface area contributed by atoms with E-state index in [1.807, 2.05) is 5.43 Å². The summed E-state index contributed by atoms with van der Waals surface area (Å²) in [5, 5.41) is 0.572. The number of aromatic nitrogens is 2. The zero-order chi connectivity index (χ0) is 10.1. The number of nitrogen functional groups attached to an aromatic ring is 1. The number of hydrazine groups is 1. The van der Waals surface area contributed by atoms with Gasteiger partial charge in [0.05, 0.1) is 6.20 Å². The highest BCUT2D eigenvalue weighted by atomic mass is 35.5. The number of nitrogens with one attached hydrogen (secondary N) is 1. The van der Waals surface area contributed by atoms with Crippen LogP contribution in [0.4, 0.5) is 0 Å². The number of fused-ring (bicyclic) bond motifs is 1. The Morgan fingerprint density at radius 3 is 3.14 bits per heavy atom. The molecule has 0 atom stereocenters. The molecule has 0 unspecified atom stereocenters. The van der Waals surface area contributed by atoms with Crippen LogP contribution in [0, 0.1) is 0 Å². The maximum Gasteiger partial charge on any atom is 0.283 e. The van der Waals surface area contributed by atoms with E-state index in [4.69, 9.17) is 17.4 Å². The average molecular weight is 211 g/mol. The average Bonchev–Trinajstić information content (AvgIpc) is 2.59. The Bertz CT molecular complexity index is 493. The van der Waals surface area contributed by atoms with Crippen LogP contribution in [-0.4, -0.2) is 15.3 Å². The van der Waals surface area contributed by atoms with Crippen LogP contribution in [0.2, 0.25) is 5.02 Å². The lowest BCUT2D eigenvalue weighted by Crippen LogP contribution is -2.30. The Balaban J connectivity index is 2.64. The molecule has 0 aliphatic carbocycles. The van der Waals surface area contributed by atoms with Crippen molar-refractivity contribution in [3.63, 3.8) is 0 Å². The van der Waals surface area contributed by atoms with Crippen molar-refractivity contribution in [2.75, 3.05) is 0 Å². The van der Waals surface area contributed by atoms with Gasteiger partial charge in [0.2, 0.25) is 0 Å². The van der Waals surface area contributed by atoms with Crippen LogP contribution in [0.1, 0.15) is 10.5 Å². The van der Waals surface area contributed by atoms with Crippen molar-refractivity contribution in [2.45, 2.75) is 0 Å². The lowest BCUT2D eigenvalue weighted by atomic mass is 10.4. The summed E-state index contributed by atoms with van der Waals surface area (Å²) in [7, 11) is 0. The number of rotatable bonds is 1. The predicted octanol–water partition coefficient (Wildman–Crippen LogP) is 0.591.